The predicted molar refractivity (Wildman–Crippen MR) is 114 cm³/mol. The van der Waals surface area contributed by atoms with E-state index >= 15 is 0 Å². The number of benzene rings is 1. The molecule has 11 heteroatoms. The molecule has 0 radical (unpaired) electrons. The molecule has 0 saturated carbocycles. The Hall–Kier alpha value is -2.05. The molecule has 164 valence electrons. The standard InChI is InChI=1S/C19H26N4O5S2/c1-29(25,26)21-17-2-4-19(5-3-17)30(27,28)23-13-12-22(14-18(24)15-23)11-8-16-6-9-20-10-7-16/h2-7,9-10,18,21,24H,8,11-15H2,1H3. The normalized spacial score (nSPS) is 19.3. The van der Waals surface area contributed by atoms with Crippen LogP contribution in [-0.4, -0.2) is 81.2 Å². The van der Waals surface area contributed by atoms with E-state index in [-0.39, 0.29) is 23.7 Å². The molecule has 1 saturated heterocycles. The summed E-state index contributed by atoms with van der Waals surface area (Å²) in [5.74, 6) is 0. The van der Waals surface area contributed by atoms with Gasteiger partial charge in [0.1, 0.15) is 0 Å². The summed E-state index contributed by atoms with van der Waals surface area (Å²) in [7, 11) is -7.25. The fourth-order valence-corrected chi connectivity index (χ4v) is 5.38. The smallest absolute Gasteiger partial charge is 0.243 e. The first kappa shape index (κ1) is 22.6. The number of aliphatic hydroxyl groups excluding tert-OH is 1. The van der Waals surface area contributed by atoms with Crippen molar-refractivity contribution in [1.29, 1.82) is 0 Å². The Morgan fingerprint density at radius 2 is 1.70 bits per heavy atom. The molecule has 0 amide bonds. The molecule has 1 aromatic heterocycles. The van der Waals surface area contributed by atoms with Crippen LogP contribution in [0, 0.1) is 0 Å². The number of pyridine rings is 1. The van der Waals surface area contributed by atoms with Crippen LogP contribution in [0.1, 0.15) is 5.56 Å². The summed E-state index contributed by atoms with van der Waals surface area (Å²) in [5, 5.41) is 10.4. The molecule has 0 spiro atoms. The lowest BCUT2D eigenvalue weighted by Gasteiger charge is -2.21. The zero-order chi connectivity index (χ0) is 21.8. The Morgan fingerprint density at radius 1 is 1.03 bits per heavy atom. The molecule has 1 atom stereocenters. The second-order valence-corrected chi connectivity index (χ2v) is 11.0. The highest BCUT2D eigenvalue weighted by Crippen LogP contribution is 2.20. The van der Waals surface area contributed by atoms with Crippen molar-refractivity contribution in [3.05, 3.63) is 54.4 Å². The molecule has 1 aliphatic heterocycles. The highest BCUT2D eigenvalue weighted by molar-refractivity contribution is 7.92. The van der Waals surface area contributed by atoms with Crippen LogP contribution in [0.4, 0.5) is 5.69 Å². The van der Waals surface area contributed by atoms with Crippen LogP contribution < -0.4 is 4.72 Å². The van der Waals surface area contributed by atoms with Crippen molar-refractivity contribution in [3.8, 4) is 0 Å². The summed E-state index contributed by atoms with van der Waals surface area (Å²) in [6.45, 7) is 1.89. The van der Waals surface area contributed by atoms with Crippen molar-refractivity contribution in [1.82, 2.24) is 14.2 Å². The number of nitrogens with zero attached hydrogens (tertiary/aromatic N) is 3. The molecule has 2 heterocycles. The third-order valence-electron chi connectivity index (χ3n) is 4.81. The van der Waals surface area contributed by atoms with Crippen LogP contribution in [0.5, 0.6) is 0 Å². The zero-order valence-corrected chi connectivity index (χ0v) is 18.3. The minimum Gasteiger partial charge on any atom is -0.390 e. The minimum atomic E-state index is -3.81. The number of aliphatic hydroxyl groups is 1. The predicted octanol–water partition coefficient (Wildman–Crippen LogP) is 0.363. The van der Waals surface area contributed by atoms with E-state index in [2.05, 4.69) is 14.6 Å². The van der Waals surface area contributed by atoms with Crippen molar-refractivity contribution in [3.63, 3.8) is 0 Å². The van der Waals surface area contributed by atoms with Gasteiger partial charge in [0.2, 0.25) is 20.0 Å². The summed E-state index contributed by atoms with van der Waals surface area (Å²) >= 11 is 0. The average molecular weight is 455 g/mol. The van der Waals surface area contributed by atoms with Crippen LogP contribution in [0.15, 0.2) is 53.7 Å². The first-order valence-corrected chi connectivity index (χ1v) is 12.8. The lowest BCUT2D eigenvalue weighted by atomic mass is 10.2. The van der Waals surface area contributed by atoms with Crippen LogP contribution in [0.2, 0.25) is 0 Å². The zero-order valence-electron chi connectivity index (χ0n) is 16.7. The summed E-state index contributed by atoms with van der Waals surface area (Å²) in [5.41, 5.74) is 1.42. The molecule has 0 aliphatic carbocycles. The van der Waals surface area contributed by atoms with E-state index in [4.69, 9.17) is 0 Å². The quantitative estimate of drug-likeness (QED) is 0.620. The third kappa shape index (κ3) is 6.22. The van der Waals surface area contributed by atoms with Gasteiger partial charge in [0, 0.05) is 50.8 Å². The maximum Gasteiger partial charge on any atom is 0.243 e. The number of nitrogens with one attached hydrogen (secondary N) is 1. The van der Waals surface area contributed by atoms with Gasteiger partial charge in [-0.3, -0.25) is 14.6 Å². The van der Waals surface area contributed by atoms with Crippen molar-refractivity contribution in [2.45, 2.75) is 17.4 Å². The van der Waals surface area contributed by atoms with Gasteiger partial charge in [0.25, 0.3) is 0 Å². The number of sulfonamides is 2. The van der Waals surface area contributed by atoms with Crippen LogP contribution in [-0.2, 0) is 26.5 Å². The van der Waals surface area contributed by atoms with Gasteiger partial charge in [-0.1, -0.05) is 0 Å². The van der Waals surface area contributed by atoms with E-state index in [1.165, 1.54) is 28.6 Å². The summed E-state index contributed by atoms with van der Waals surface area (Å²) in [6.07, 6.45) is 4.48. The van der Waals surface area contributed by atoms with Gasteiger partial charge in [0.15, 0.2) is 0 Å². The van der Waals surface area contributed by atoms with Crippen molar-refractivity contribution >= 4 is 25.7 Å². The first-order chi connectivity index (χ1) is 14.1. The van der Waals surface area contributed by atoms with Gasteiger partial charge in [-0.25, -0.2) is 16.8 Å². The number of aromatic nitrogens is 1. The maximum atomic E-state index is 13.0. The highest BCUT2D eigenvalue weighted by atomic mass is 32.2. The molecular formula is C19H26N4O5S2. The van der Waals surface area contributed by atoms with Crippen LogP contribution in [0.25, 0.3) is 0 Å². The Balaban J connectivity index is 1.66. The topological polar surface area (TPSA) is 120 Å². The Kier molecular flexibility index (Phi) is 7.09. The van der Waals surface area contributed by atoms with E-state index in [0.717, 1.165) is 18.2 Å². The SMILES string of the molecule is CS(=O)(=O)Nc1ccc(S(=O)(=O)N2CCN(CCc3ccncc3)CC(O)C2)cc1. The van der Waals surface area contributed by atoms with E-state index in [1.807, 2.05) is 12.1 Å². The molecular weight excluding hydrogens is 428 g/mol. The lowest BCUT2D eigenvalue weighted by molar-refractivity contribution is 0.123. The molecule has 1 aliphatic rings. The Bertz CT molecular complexity index is 1040. The Morgan fingerprint density at radius 3 is 2.33 bits per heavy atom. The summed E-state index contributed by atoms with van der Waals surface area (Å²) < 4.78 is 52.2. The van der Waals surface area contributed by atoms with Crippen LogP contribution >= 0.6 is 0 Å². The average Bonchev–Trinajstić information content (AvgIpc) is 2.88. The van der Waals surface area contributed by atoms with E-state index in [0.29, 0.717) is 19.6 Å². The minimum absolute atomic E-state index is 0.0113. The molecule has 0 bridgehead atoms. The van der Waals surface area contributed by atoms with Crippen LogP contribution in [0.3, 0.4) is 0 Å². The number of β-amino-alcohol motifs (C(OH)–C–C–N with tert-alkyl or cyclic N) is 1. The van der Waals surface area contributed by atoms with E-state index in [1.54, 1.807) is 12.4 Å². The summed E-state index contributed by atoms with van der Waals surface area (Å²) in [6, 6.07) is 9.41. The number of anilines is 1. The van der Waals surface area contributed by atoms with Gasteiger partial charge >= 0.3 is 0 Å². The monoisotopic (exact) mass is 454 g/mol. The fourth-order valence-electron chi connectivity index (χ4n) is 3.34. The van der Waals surface area contributed by atoms with Gasteiger partial charge in [-0.2, -0.15) is 4.31 Å². The van der Waals surface area contributed by atoms with Gasteiger partial charge in [0.05, 0.1) is 17.3 Å². The maximum absolute atomic E-state index is 13.0. The molecule has 9 nitrogen and oxygen atoms in total. The van der Waals surface area contributed by atoms with Gasteiger partial charge in [-0.05, 0) is 48.4 Å². The lowest BCUT2D eigenvalue weighted by Crippen LogP contribution is -2.37. The van der Waals surface area contributed by atoms with Crippen molar-refractivity contribution < 1.29 is 21.9 Å². The van der Waals surface area contributed by atoms with Crippen molar-refractivity contribution in [2.24, 2.45) is 0 Å². The Labute approximate surface area is 177 Å². The molecule has 1 aromatic carbocycles. The second kappa shape index (κ2) is 9.40. The van der Waals surface area contributed by atoms with Gasteiger partial charge in [-0.15, -0.1) is 0 Å². The molecule has 1 fully saturated rings. The van der Waals surface area contributed by atoms with E-state index < -0.39 is 26.2 Å². The van der Waals surface area contributed by atoms with E-state index in [9.17, 15) is 21.9 Å². The molecule has 30 heavy (non-hydrogen) atoms. The second-order valence-electron chi connectivity index (χ2n) is 7.32. The first-order valence-electron chi connectivity index (χ1n) is 9.51. The molecule has 2 N–H and O–H groups in total. The van der Waals surface area contributed by atoms with Gasteiger partial charge < -0.3 is 5.11 Å². The van der Waals surface area contributed by atoms with Crippen molar-refractivity contribution in [2.75, 3.05) is 43.7 Å². The molecule has 1 unspecified atom stereocenters. The molecule has 2 aromatic rings. The molecule has 3 rings (SSSR count). The third-order valence-corrected chi connectivity index (χ3v) is 7.30. The number of rotatable bonds is 7. The number of hydrogen-bond acceptors (Lipinski definition) is 7. The number of hydrogen-bond donors (Lipinski definition) is 2. The summed E-state index contributed by atoms with van der Waals surface area (Å²) in [4.78, 5) is 6.10. The largest absolute Gasteiger partial charge is 0.390 e. The fraction of sp³-hybridized carbons (Fsp3) is 0.421. The highest BCUT2D eigenvalue weighted by Gasteiger charge is 2.30.